The normalized spacial score (nSPS) is 13.8. The summed E-state index contributed by atoms with van der Waals surface area (Å²) in [4.78, 5) is 17.0. The molecule has 0 aliphatic carbocycles. The lowest BCUT2D eigenvalue weighted by Crippen LogP contribution is -2.27. The lowest BCUT2D eigenvalue weighted by molar-refractivity contribution is 0.102. The molecule has 1 aromatic carbocycles. The fourth-order valence-electron chi connectivity index (χ4n) is 2.30. The number of anilines is 1. The van der Waals surface area contributed by atoms with Crippen LogP contribution in [0.3, 0.4) is 0 Å². The number of hydrogen-bond acceptors (Lipinski definition) is 4. The molecule has 0 bridgehead atoms. The largest absolute Gasteiger partial charge is 0.332 e. The summed E-state index contributed by atoms with van der Waals surface area (Å²) >= 11 is 1.26. The number of carbonyl (C=O) groups is 1. The second-order valence-electron chi connectivity index (χ2n) is 4.69. The van der Waals surface area contributed by atoms with Crippen LogP contribution in [-0.4, -0.2) is 28.3 Å². The molecule has 2 heterocycles. The smallest absolute Gasteiger partial charge is 0.275 e. The first kappa shape index (κ1) is 14.1. The first-order chi connectivity index (χ1) is 10.2. The van der Waals surface area contributed by atoms with Crippen molar-refractivity contribution in [2.24, 2.45) is 0 Å². The molecule has 110 valence electrons. The Morgan fingerprint density at radius 3 is 3.14 bits per heavy atom. The number of aromatic nitrogens is 2. The molecule has 7 heteroatoms. The molecule has 0 fully saturated rings. The van der Waals surface area contributed by atoms with Gasteiger partial charge in [-0.25, -0.2) is 9.37 Å². The summed E-state index contributed by atoms with van der Waals surface area (Å²) < 4.78 is 15.7. The third-order valence-electron chi connectivity index (χ3n) is 3.32. The molecule has 5 nitrogen and oxygen atoms in total. The number of fused-ring (bicyclic) bond motifs is 1. The first-order valence-corrected chi connectivity index (χ1v) is 7.82. The van der Waals surface area contributed by atoms with Gasteiger partial charge in [0, 0.05) is 19.3 Å². The monoisotopic (exact) mass is 306 g/mol. The Morgan fingerprint density at radius 1 is 1.52 bits per heavy atom. The molecule has 0 saturated carbocycles. The highest BCUT2D eigenvalue weighted by atomic mass is 32.2. The highest BCUT2D eigenvalue weighted by Gasteiger charge is 2.18. The number of halogens is 1. The summed E-state index contributed by atoms with van der Waals surface area (Å²) in [6.07, 6.45) is 3.51. The van der Waals surface area contributed by atoms with Crippen LogP contribution in [0.4, 0.5) is 10.1 Å². The summed E-state index contributed by atoms with van der Waals surface area (Å²) in [5.74, 6) is 0.183. The molecule has 2 N–H and O–H groups in total. The molecule has 0 radical (unpaired) electrons. The second-order valence-corrected chi connectivity index (χ2v) is 5.50. The Morgan fingerprint density at radius 2 is 2.38 bits per heavy atom. The van der Waals surface area contributed by atoms with Gasteiger partial charge in [0.2, 0.25) is 0 Å². The molecule has 0 atom stereocenters. The summed E-state index contributed by atoms with van der Waals surface area (Å²) in [5, 5.41) is 5.93. The molecule has 0 spiro atoms. The number of hydrogen-bond donors (Lipinski definition) is 2. The number of benzene rings is 1. The van der Waals surface area contributed by atoms with Crippen LogP contribution < -0.4 is 10.6 Å². The number of thioether (sulfide) groups is 1. The van der Waals surface area contributed by atoms with Gasteiger partial charge < -0.3 is 15.2 Å². The van der Waals surface area contributed by atoms with E-state index < -0.39 is 0 Å². The van der Waals surface area contributed by atoms with Crippen LogP contribution in [0.25, 0.3) is 0 Å². The summed E-state index contributed by atoms with van der Waals surface area (Å²) in [7, 11) is 0. The SMILES string of the molecule is CSc1c(F)cccc1NC(=O)c1cn2c(n1)CNCC2. The Kier molecular flexibility index (Phi) is 3.94. The number of nitrogens with one attached hydrogen (secondary N) is 2. The van der Waals surface area contributed by atoms with Crippen LogP contribution in [-0.2, 0) is 13.1 Å². The van der Waals surface area contributed by atoms with Crippen molar-refractivity contribution in [1.82, 2.24) is 14.9 Å². The van der Waals surface area contributed by atoms with Crippen molar-refractivity contribution in [3.8, 4) is 0 Å². The van der Waals surface area contributed by atoms with Gasteiger partial charge in [-0.1, -0.05) is 6.07 Å². The minimum Gasteiger partial charge on any atom is -0.332 e. The van der Waals surface area contributed by atoms with E-state index in [-0.39, 0.29) is 11.7 Å². The third kappa shape index (κ3) is 2.79. The summed E-state index contributed by atoms with van der Waals surface area (Å²) in [6.45, 7) is 2.32. The Labute approximate surface area is 125 Å². The zero-order valence-corrected chi connectivity index (χ0v) is 12.3. The summed E-state index contributed by atoms with van der Waals surface area (Å²) in [6, 6.07) is 4.64. The van der Waals surface area contributed by atoms with Gasteiger partial charge in [0.25, 0.3) is 5.91 Å². The average molecular weight is 306 g/mol. The fraction of sp³-hybridized carbons (Fsp3) is 0.286. The van der Waals surface area contributed by atoms with E-state index >= 15 is 0 Å². The number of imidazole rings is 1. The molecular weight excluding hydrogens is 291 g/mol. The molecule has 1 aliphatic heterocycles. The predicted molar refractivity (Wildman–Crippen MR) is 80.1 cm³/mol. The standard InChI is InChI=1S/C14H15FN4OS/c1-21-13-9(15)3-2-4-10(13)18-14(20)11-8-19-6-5-16-7-12(19)17-11/h2-4,8,16H,5-7H2,1H3,(H,18,20). The maximum atomic E-state index is 13.7. The molecule has 21 heavy (non-hydrogen) atoms. The van der Waals surface area contributed by atoms with Crippen LogP contribution in [0.2, 0.25) is 0 Å². The van der Waals surface area contributed by atoms with Crippen LogP contribution in [0.5, 0.6) is 0 Å². The van der Waals surface area contributed by atoms with Gasteiger partial charge >= 0.3 is 0 Å². The number of rotatable bonds is 3. The van der Waals surface area contributed by atoms with E-state index in [4.69, 9.17) is 0 Å². The zero-order chi connectivity index (χ0) is 14.8. The molecule has 2 aromatic rings. The van der Waals surface area contributed by atoms with Crippen molar-refractivity contribution in [2.75, 3.05) is 18.1 Å². The van der Waals surface area contributed by atoms with E-state index in [1.165, 1.54) is 17.8 Å². The number of amides is 1. The van der Waals surface area contributed by atoms with Crippen molar-refractivity contribution in [1.29, 1.82) is 0 Å². The third-order valence-corrected chi connectivity index (χ3v) is 4.15. The van der Waals surface area contributed by atoms with E-state index in [1.807, 2.05) is 4.57 Å². The quantitative estimate of drug-likeness (QED) is 0.853. The predicted octanol–water partition coefficient (Wildman–Crippen LogP) is 2.10. The molecule has 1 aromatic heterocycles. The van der Waals surface area contributed by atoms with Crippen LogP contribution >= 0.6 is 11.8 Å². The highest BCUT2D eigenvalue weighted by molar-refractivity contribution is 7.98. The minimum atomic E-state index is -0.339. The zero-order valence-electron chi connectivity index (χ0n) is 11.5. The van der Waals surface area contributed by atoms with Gasteiger partial charge in [-0.3, -0.25) is 4.79 Å². The first-order valence-electron chi connectivity index (χ1n) is 6.59. The van der Waals surface area contributed by atoms with Gasteiger partial charge in [-0.2, -0.15) is 0 Å². The second kappa shape index (κ2) is 5.87. The fourth-order valence-corrected chi connectivity index (χ4v) is 2.90. The molecular formula is C14H15FN4OS. The van der Waals surface area contributed by atoms with Crippen molar-refractivity contribution >= 4 is 23.4 Å². The average Bonchev–Trinajstić information content (AvgIpc) is 2.91. The van der Waals surface area contributed by atoms with Gasteiger partial charge in [0.1, 0.15) is 17.3 Å². The minimum absolute atomic E-state index is 0.321. The highest BCUT2D eigenvalue weighted by Crippen LogP contribution is 2.28. The van der Waals surface area contributed by atoms with E-state index in [1.54, 1.807) is 24.6 Å². The summed E-state index contributed by atoms with van der Waals surface area (Å²) in [5.41, 5.74) is 0.821. The topological polar surface area (TPSA) is 59.0 Å². The van der Waals surface area contributed by atoms with Crippen molar-refractivity contribution < 1.29 is 9.18 Å². The number of nitrogens with zero attached hydrogens (tertiary/aromatic N) is 2. The van der Waals surface area contributed by atoms with Crippen molar-refractivity contribution in [2.45, 2.75) is 18.0 Å². The van der Waals surface area contributed by atoms with Gasteiger partial charge in [-0.05, 0) is 18.4 Å². The molecule has 0 unspecified atom stereocenters. The van der Waals surface area contributed by atoms with Gasteiger partial charge in [0.05, 0.1) is 17.1 Å². The molecule has 3 rings (SSSR count). The van der Waals surface area contributed by atoms with Crippen LogP contribution in [0.1, 0.15) is 16.3 Å². The lowest BCUT2D eigenvalue weighted by atomic mass is 10.3. The Bertz CT molecular complexity index is 662. The molecule has 0 saturated heterocycles. The van der Waals surface area contributed by atoms with E-state index in [0.717, 1.165) is 18.9 Å². The van der Waals surface area contributed by atoms with Crippen LogP contribution in [0.15, 0.2) is 29.3 Å². The van der Waals surface area contributed by atoms with Crippen molar-refractivity contribution in [3.05, 3.63) is 41.7 Å². The lowest BCUT2D eigenvalue weighted by Gasteiger charge is -2.13. The maximum absolute atomic E-state index is 13.7. The van der Waals surface area contributed by atoms with E-state index in [0.29, 0.717) is 22.8 Å². The molecule has 1 aliphatic rings. The van der Waals surface area contributed by atoms with Gasteiger partial charge in [0.15, 0.2) is 0 Å². The maximum Gasteiger partial charge on any atom is 0.275 e. The van der Waals surface area contributed by atoms with E-state index in [2.05, 4.69) is 15.6 Å². The van der Waals surface area contributed by atoms with Crippen LogP contribution in [0, 0.1) is 5.82 Å². The number of carbonyl (C=O) groups excluding carboxylic acids is 1. The van der Waals surface area contributed by atoms with Crippen molar-refractivity contribution in [3.63, 3.8) is 0 Å². The Balaban J connectivity index is 1.83. The van der Waals surface area contributed by atoms with Gasteiger partial charge in [-0.15, -0.1) is 11.8 Å². The molecule has 1 amide bonds. The Hall–Kier alpha value is -1.86. The van der Waals surface area contributed by atoms with E-state index in [9.17, 15) is 9.18 Å².